The third-order valence-corrected chi connectivity index (χ3v) is 7.42. The van der Waals surface area contributed by atoms with E-state index < -0.39 is 34.7 Å². The maximum absolute atomic E-state index is 12.9. The van der Waals surface area contributed by atoms with Crippen molar-refractivity contribution in [3.05, 3.63) is 65.0 Å². The van der Waals surface area contributed by atoms with Crippen molar-refractivity contribution in [2.24, 2.45) is 5.92 Å². The number of pyridine rings is 1. The van der Waals surface area contributed by atoms with E-state index in [0.717, 1.165) is 30.3 Å². The molecular weight excluding hydrogens is 473 g/mol. The summed E-state index contributed by atoms with van der Waals surface area (Å²) in [7, 11) is 0. The van der Waals surface area contributed by atoms with Crippen molar-refractivity contribution in [1.82, 2.24) is 20.9 Å². The molecule has 1 saturated heterocycles. The first-order chi connectivity index (χ1) is 17.0. The molecule has 1 atom stereocenters. The van der Waals surface area contributed by atoms with Crippen LogP contribution in [-0.2, 0) is 16.6 Å². The number of nitrogens with zero attached hydrogens (tertiary/aromatic N) is 1. The predicted molar refractivity (Wildman–Crippen MR) is 127 cm³/mol. The van der Waals surface area contributed by atoms with Gasteiger partial charge in [0.2, 0.25) is 5.91 Å². The number of halogens is 3. The van der Waals surface area contributed by atoms with Gasteiger partial charge in [0.1, 0.15) is 5.60 Å². The van der Waals surface area contributed by atoms with Crippen molar-refractivity contribution in [3.63, 3.8) is 0 Å². The van der Waals surface area contributed by atoms with Crippen molar-refractivity contribution in [3.8, 4) is 0 Å². The Kier molecular flexibility index (Phi) is 7.38. The Balaban J connectivity index is 1.36. The average Bonchev–Trinajstić information content (AvgIpc) is 3.32. The van der Waals surface area contributed by atoms with Gasteiger partial charge in [-0.1, -0.05) is 6.07 Å². The number of aliphatic hydroxyl groups is 1. The number of amides is 2. The Morgan fingerprint density at radius 3 is 2.56 bits per heavy atom. The van der Waals surface area contributed by atoms with E-state index >= 15 is 0 Å². The van der Waals surface area contributed by atoms with E-state index in [-0.39, 0.29) is 18.0 Å². The molecule has 2 aliphatic rings. The molecule has 2 aromatic rings. The number of alkyl halides is 3. The smallest absolute Gasteiger partial charge is 0.384 e. The van der Waals surface area contributed by atoms with Gasteiger partial charge in [0.05, 0.1) is 23.3 Å². The van der Waals surface area contributed by atoms with Crippen LogP contribution in [0, 0.1) is 12.8 Å². The quantitative estimate of drug-likeness (QED) is 0.484. The van der Waals surface area contributed by atoms with Crippen molar-refractivity contribution in [2.75, 3.05) is 19.6 Å². The molecule has 1 aromatic carbocycles. The molecule has 2 amide bonds. The summed E-state index contributed by atoms with van der Waals surface area (Å²) in [5, 5.41) is 20.0. The van der Waals surface area contributed by atoms with Crippen LogP contribution in [0.2, 0.25) is 0 Å². The molecular formula is C26H31F3N4O3. The van der Waals surface area contributed by atoms with Gasteiger partial charge in [0.15, 0.2) is 0 Å². The highest BCUT2D eigenvalue weighted by Crippen LogP contribution is 2.44. The van der Waals surface area contributed by atoms with Crippen LogP contribution >= 0.6 is 0 Å². The molecule has 0 radical (unpaired) electrons. The third-order valence-electron chi connectivity index (χ3n) is 7.42. The van der Waals surface area contributed by atoms with Crippen molar-refractivity contribution >= 4 is 11.8 Å². The zero-order chi connectivity index (χ0) is 26.0. The van der Waals surface area contributed by atoms with Gasteiger partial charge in [-0.05, 0) is 87.4 Å². The van der Waals surface area contributed by atoms with Crippen molar-refractivity contribution in [1.29, 1.82) is 0 Å². The molecule has 1 saturated carbocycles. The zero-order valence-electron chi connectivity index (χ0n) is 20.1. The van der Waals surface area contributed by atoms with Gasteiger partial charge < -0.3 is 21.1 Å². The number of hydrogen-bond donors (Lipinski definition) is 4. The lowest BCUT2D eigenvalue weighted by Gasteiger charge is -2.44. The molecule has 0 bridgehead atoms. The molecule has 36 heavy (non-hydrogen) atoms. The molecule has 10 heteroatoms. The topological polar surface area (TPSA) is 103 Å². The first-order valence-electron chi connectivity index (χ1n) is 12.1. The van der Waals surface area contributed by atoms with Crippen LogP contribution in [-0.4, -0.2) is 47.1 Å². The van der Waals surface area contributed by atoms with E-state index in [1.54, 1.807) is 6.20 Å². The number of nitrogens with one attached hydrogen (secondary N) is 3. The first kappa shape index (κ1) is 26.1. The minimum absolute atomic E-state index is 0.126. The number of hydrogen-bond acceptors (Lipinski definition) is 5. The second-order valence-corrected chi connectivity index (χ2v) is 9.92. The Hall–Kier alpha value is -2.98. The number of carbonyl (C=O) groups excluding carboxylic acids is 2. The highest BCUT2D eigenvalue weighted by atomic mass is 19.4. The predicted octanol–water partition coefficient (Wildman–Crippen LogP) is 3.06. The molecule has 194 valence electrons. The molecule has 0 unspecified atom stereocenters. The number of benzene rings is 1. The largest absolute Gasteiger partial charge is 0.416 e. The van der Waals surface area contributed by atoms with Crippen LogP contribution in [0.3, 0.4) is 0 Å². The first-order valence-corrected chi connectivity index (χ1v) is 12.1. The zero-order valence-corrected chi connectivity index (χ0v) is 20.1. The molecule has 7 nitrogen and oxygen atoms in total. The van der Waals surface area contributed by atoms with E-state index in [2.05, 4.69) is 20.9 Å². The Morgan fingerprint density at radius 2 is 1.92 bits per heavy atom. The summed E-state index contributed by atoms with van der Waals surface area (Å²) in [5.41, 5.74) is -0.898. The number of rotatable bonds is 6. The summed E-state index contributed by atoms with van der Waals surface area (Å²) < 4.78 is 38.8. The highest BCUT2D eigenvalue weighted by molar-refractivity contribution is 5.96. The fraction of sp³-hybridized carbons (Fsp3) is 0.500. The summed E-state index contributed by atoms with van der Waals surface area (Å²) in [4.78, 5) is 29.5. The lowest BCUT2D eigenvalue weighted by molar-refractivity contribution is -0.137. The summed E-state index contributed by atoms with van der Waals surface area (Å²) in [6.45, 7) is 2.92. The van der Waals surface area contributed by atoms with Crippen LogP contribution in [0.15, 0.2) is 42.6 Å². The van der Waals surface area contributed by atoms with Gasteiger partial charge in [-0.25, -0.2) is 0 Å². The lowest BCUT2D eigenvalue weighted by atomic mass is 9.68. The Labute approximate surface area is 207 Å². The van der Waals surface area contributed by atoms with E-state index in [0.29, 0.717) is 44.3 Å². The summed E-state index contributed by atoms with van der Waals surface area (Å²) in [6.07, 6.45) is 0.305. The molecule has 2 fully saturated rings. The summed E-state index contributed by atoms with van der Waals surface area (Å²) >= 11 is 0. The van der Waals surface area contributed by atoms with Gasteiger partial charge in [0.25, 0.3) is 5.91 Å². The monoisotopic (exact) mass is 504 g/mol. The minimum Gasteiger partial charge on any atom is -0.384 e. The van der Waals surface area contributed by atoms with Gasteiger partial charge in [-0.2, -0.15) is 13.2 Å². The van der Waals surface area contributed by atoms with Gasteiger partial charge in [-0.3, -0.25) is 14.6 Å². The molecule has 2 heterocycles. The third kappa shape index (κ3) is 5.70. The van der Waals surface area contributed by atoms with Gasteiger partial charge >= 0.3 is 6.18 Å². The van der Waals surface area contributed by atoms with Crippen LogP contribution < -0.4 is 16.0 Å². The van der Waals surface area contributed by atoms with E-state index in [9.17, 15) is 27.9 Å². The Bertz CT molecular complexity index is 1110. The van der Waals surface area contributed by atoms with E-state index in [4.69, 9.17) is 0 Å². The summed E-state index contributed by atoms with van der Waals surface area (Å²) in [5.74, 6) is -1.02. The second kappa shape index (κ2) is 10.2. The van der Waals surface area contributed by atoms with Crippen molar-refractivity contribution < 1.29 is 27.9 Å². The lowest BCUT2D eigenvalue weighted by Crippen LogP contribution is -2.58. The number of carbonyl (C=O) groups is 2. The maximum atomic E-state index is 12.9. The molecule has 0 spiro atoms. The van der Waals surface area contributed by atoms with Gasteiger partial charge in [-0.15, -0.1) is 0 Å². The molecule has 4 N–H and O–H groups in total. The van der Waals surface area contributed by atoms with Crippen LogP contribution in [0.4, 0.5) is 13.2 Å². The number of aryl methyl sites for hydroxylation is 1. The average molecular weight is 505 g/mol. The molecule has 4 rings (SSSR count). The highest BCUT2D eigenvalue weighted by Gasteiger charge is 2.47. The van der Waals surface area contributed by atoms with E-state index in [1.807, 2.05) is 19.1 Å². The van der Waals surface area contributed by atoms with Crippen LogP contribution in [0.1, 0.15) is 59.3 Å². The maximum Gasteiger partial charge on any atom is 0.416 e. The second-order valence-electron chi connectivity index (χ2n) is 9.92. The normalized spacial score (nSPS) is 26.4. The molecule has 1 aliphatic carbocycles. The Morgan fingerprint density at radius 1 is 1.17 bits per heavy atom. The SMILES string of the molecule is Cc1ccnc(C2(O)CCC([C@]3(NC(=O)CNC(=O)c4cccc(C(F)(F)F)c4)CCNC3)CC2)c1. The van der Waals surface area contributed by atoms with Gasteiger partial charge in [0, 0.05) is 18.3 Å². The fourth-order valence-electron chi connectivity index (χ4n) is 5.38. The number of aromatic nitrogens is 1. The van der Waals surface area contributed by atoms with Crippen molar-refractivity contribution in [2.45, 2.75) is 56.3 Å². The van der Waals surface area contributed by atoms with Crippen LogP contribution in [0.5, 0.6) is 0 Å². The van der Waals surface area contributed by atoms with E-state index in [1.165, 1.54) is 6.07 Å². The molecule has 1 aromatic heterocycles. The minimum atomic E-state index is -4.56. The fourth-order valence-corrected chi connectivity index (χ4v) is 5.38. The summed E-state index contributed by atoms with van der Waals surface area (Å²) in [6, 6.07) is 7.88. The standard InChI is InChI=1S/C26H31F3N4O3/c1-17-7-11-31-21(13-17)25(36)8-5-19(6-9-25)24(10-12-30-16-24)33-22(34)15-32-23(35)18-3-2-4-20(14-18)26(27,28)29/h2-4,7,11,13-14,19,30,36H,5-6,8-10,12,15-16H2,1H3,(H,32,35)(H,33,34)/t19?,24-,25?/m0/s1. The van der Waals surface area contributed by atoms with Crippen LogP contribution in [0.25, 0.3) is 0 Å². The molecule has 1 aliphatic heterocycles.